The van der Waals surface area contributed by atoms with Crippen LogP contribution in [0.4, 0.5) is 5.69 Å². The number of nitrogen functional groups attached to an aromatic ring is 1. The van der Waals surface area contributed by atoms with Gasteiger partial charge in [-0.15, -0.1) is 0 Å². The third-order valence-corrected chi connectivity index (χ3v) is 5.16. The monoisotopic (exact) mass is 399 g/mol. The van der Waals surface area contributed by atoms with Gasteiger partial charge in [0.05, 0.1) is 29.2 Å². The van der Waals surface area contributed by atoms with E-state index in [1.807, 2.05) is 69.3 Å². The number of esters is 1. The summed E-state index contributed by atoms with van der Waals surface area (Å²) in [5, 5.41) is 0. The van der Waals surface area contributed by atoms with Crippen LogP contribution in [0.3, 0.4) is 0 Å². The van der Waals surface area contributed by atoms with E-state index in [9.17, 15) is 4.79 Å². The van der Waals surface area contributed by atoms with Crippen LogP contribution in [0, 0.1) is 13.8 Å². The number of carbonyl (C=O) groups excluding carboxylic acids is 1. The van der Waals surface area contributed by atoms with Crippen LogP contribution in [0.2, 0.25) is 0 Å². The van der Waals surface area contributed by atoms with E-state index in [4.69, 9.17) is 10.5 Å². The van der Waals surface area contributed by atoms with Gasteiger partial charge in [-0.2, -0.15) is 0 Å². The normalized spacial score (nSPS) is 10.9. The molecule has 0 radical (unpaired) electrons. The van der Waals surface area contributed by atoms with E-state index in [0.717, 1.165) is 39.6 Å². The maximum Gasteiger partial charge on any atom is 0.339 e. The molecule has 4 rings (SSSR count). The Bertz CT molecular complexity index is 1200. The lowest BCUT2D eigenvalue weighted by Crippen LogP contribution is -2.07. The molecule has 0 spiro atoms. The van der Waals surface area contributed by atoms with E-state index in [-0.39, 0.29) is 5.97 Å². The highest BCUT2D eigenvalue weighted by atomic mass is 16.5. The zero-order valence-corrected chi connectivity index (χ0v) is 17.4. The number of rotatable bonds is 5. The molecule has 0 aliphatic rings. The minimum atomic E-state index is -0.326. The van der Waals surface area contributed by atoms with Gasteiger partial charge < -0.3 is 20.0 Å². The highest BCUT2D eigenvalue weighted by Crippen LogP contribution is 2.35. The third-order valence-electron chi connectivity index (χ3n) is 5.16. The summed E-state index contributed by atoms with van der Waals surface area (Å²) in [4.78, 5) is 16.1. The fraction of sp³-hybridized carbons (Fsp3) is 0.160. The quantitative estimate of drug-likeness (QED) is 0.343. The maximum absolute atomic E-state index is 12.7. The molecule has 0 bridgehead atoms. The van der Waals surface area contributed by atoms with Crippen LogP contribution in [0.5, 0.6) is 0 Å². The summed E-state index contributed by atoms with van der Waals surface area (Å²) in [5.41, 5.74) is 14.0. The molecule has 0 saturated heterocycles. The molecule has 0 aliphatic heterocycles. The zero-order valence-electron chi connectivity index (χ0n) is 17.4. The summed E-state index contributed by atoms with van der Waals surface area (Å²) in [6.45, 7) is 6.11. The van der Waals surface area contributed by atoms with Gasteiger partial charge in [-0.1, -0.05) is 42.5 Å². The van der Waals surface area contributed by atoms with Crippen LogP contribution in [-0.2, 0) is 4.74 Å². The summed E-state index contributed by atoms with van der Waals surface area (Å²) in [6, 6.07) is 21.8. The molecule has 2 aromatic heterocycles. The van der Waals surface area contributed by atoms with E-state index >= 15 is 0 Å². The lowest BCUT2D eigenvalue weighted by atomic mass is 10.1. The van der Waals surface area contributed by atoms with Crippen molar-refractivity contribution in [3.63, 3.8) is 0 Å². The zero-order chi connectivity index (χ0) is 21.3. The molecular formula is C25H25N3O2. The Morgan fingerprint density at radius 3 is 2.43 bits per heavy atom. The second-order valence-corrected chi connectivity index (χ2v) is 7.29. The Hall–Kier alpha value is -3.73. The highest BCUT2D eigenvalue weighted by molar-refractivity contribution is 5.93. The molecule has 4 aromatic rings. The Kier molecular flexibility index (Phi) is 5.19. The summed E-state index contributed by atoms with van der Waals surface area (Å²) in [6.07, 6.45) is 0. The number of carbonyl (C=O) groups is 1. The molecule has 5 nitrogen and oxygen atoms in total. The van der Waals surface area contributed by atoms with Gasteiger partial charge >= 0.3 is 5.97 Å². The van der Waals surface area contributed by atoms with E-state index in [0.29, 0.717) is 17.9 Å². The van der Waals surface area contributed by atoms with Gasteiger partial charge in [0.2, 0.25) is 0 Å². The number of nitrogens with zero attached hydrogens (tertiary/aromatic N) is 1. The van der Waals surface area contributed by atoms with Crippen LogP contribution >= 0.6 is 0 Å². The Morgan fingerprint density at radius 1 is 1.00 bits per heavy atom. The van der Waals surface area contributed by atoms with Crippen molar-refractivity contribution < 1.29 is 9.53 Å². The first-order chi connectivity index (χ1) is 14.5. The van der Waals surface area contributed by atoms with E-state index in [1.54, 1.807) is 0 Å². The number of aryl methyl sites for hydroxylation is 1. The smallest absolute Gasteiger partial charge is 0.339 e. The van der Waals surface area contributed by atoms with Crippen LogP contribution < -0.4 is 5.73 Å². The summed E-state index contributed by atoms with van der Waals surface area (Å²) in [7, 11) is 0. The molecule has 2 aromatic carbocycles. The molecule has 0 atom stereocenters. The molecule has 0 fully saturated rings. The average molecular weight is 399 g/mol. The lowest BCUT2D eigenvalue weighted by Gasteiger charge is -2.14. The molecule has 0 aliphatic carbocycles. The Labute approximate surface area is 176 Å². The molecular weight excluding hydrogens is 374 g/mol. The van der Waals surface area contributed by atoms with Gasteiger partial charge in [0.15, 0.2) is 0 Å². The Morgan fingerprint density at radius 2 is 1.73 bits per heavy atom. The number of hydrogen-bond donors (Lipinski definition) is 2. The first-order valence-corrected chi connectivity index (χ1v) is 10.0. The van der Waals surface area contributed by atoms with Crippen molar-refractivity contribution in [2.45, 2.75) is 20.8 Å². The second-order valence-electron chi connectivity index (χ2n) is 7.29. The van der Waals surface area contributed by atoms with Gasteiger partial charge in [-0.3, -0.25) is 0 Å². The SMILES string of the molecule is CCOC(=O)c1cc(-c2cccc(N)c2)n(-c2cc(C)[nH]c2-c2ccccc2)c1C. The summed E-state index contributed by atoms with van der Waals surface area (Å²) >= 11 is 0. The minimum absolute atomic E-state index is 0.326. The van der Waals surface area contributed by atoms with E-state index in [1.165, 1.54) is 0 Å². The number of hydrogen-bond acceptors (Lipinski definition) is 3. The first-order valence-electron chi connectivity index (χ1n) is 10.0. The first kappa shape index (κ1) is 19.6. The van der Waals surface area contributed by atoms with Crippen molar-refractivity contribution in [2.24, 2.45) is 0 Å². The molecule has 152 valence electrons. The van der Waals surface area contributed by atoms with Crippen LogP contribution in [0.15, 0.2) is 66.7 Å². The fourth-order valence-corrected chi connectivity index (χ4v) is 3.82. The average Bonchev–Trinajstić information content (AvgIpc) is 3.28. The van der Waals surface area contributed by atoms with Gasteiger partial charge in [0, 0.05) is 28.2 Å². The molecule has 2 heterocycles. The minimum Gasteiger partial charge on any atom is -0.462 e. The summed E-state index contributed by atoms with van der Waals surface area (Å²) < 4.78 is 7.41. The van der Waals surface area contributed by atoms with Gasteiger partial charge in [-0.25, -0.2) is 4.79 Å². The molecule has 0 unspecified atom stereocenters. The van der Waals surface area contributed by atoms with Crippen LogP contribution in [0.1, 0.15) is 28.7 Å². The maximum atomic E-state index is 12.7. The predicted molar refractivity (Wildman–Crippen MR) is 121 cm³/mol. The number of aromatic amines is 1. The number of anilines is 1. The predicted octanol–water partition coefficient (Wildman–Crippen LogP) is 5.52. The number of nitrogens with one attached hydrogen (secondary N) is 1. The summed E-state index contributed by atoms with van der Waals surface area (Å²) in [5.74, 6) is -0.326. The fourth-order valence-electron chi connectivity index (χ4n) is 3.82. The molecule has 5 heteroatoms. The van der Waals surface area contributed by atoms with Crippen molar-refractivity contribution >= 4 is 11.7 Å². The van der Waals surface area contributed by atoms with Crippen LogP contribution in [-0.4, -0.2) is 22.1 Å². The molecule has 0 amide bonds. The van der Waals surface area contributed by atoms with Crippen molar-refractivity contribution in [3.8, 4) is 28.2 Å². The second kappa shape index (κ2) is 7.95. The molecule has 0 saturated carbocycles. The standard InChI is InChI=1S/C25H25N3O2/c1-4-30-25(29)21-15-22(19-11-8-12-20(26)14-19)28(17(21)3)23-13-16(2)27-24(23)18-9-6-5-7-10-18/h5-15,27H,4,26H2,1-3H3. The molecule has 30 heavy (non-hydrogen) atoms. The number of nitrogens with two attached hydrogens (primary N) is 1. The third kappa shape index (κ3) is 3.50. The van der Waals surface area contributed by atoms with E-state index < -0.39 is 0 Å². The van der Waals surface area contributed by atoms with Crippen molar-refractivity contribution in [2.75, 3.05) is 12.3 Å². The van der Waals surface area contributed by atoms with Crippen molar-refractivity contribution in [3.05, 3.63) is 83.7 Å². The number of benzene rings is 2. The van der Waals surface area contributed by atoms with Crippen molar-refractivity contribution in [1.82, 2.24) is 9.55 Å². The number of aromatic nitrogens is 2. The van der Waals surface area contributed by atoms with Crippen LogP contribution in [0.25, 0.3) is 28.2 Å². The highest BCUT2D eigenvalue weighted by Gasteiger charge is 2.23. The largest absolute Gasteiger partial charge is 0.462 e. The van der Waals surface area contributed by atoms with E-state index in [2.05, 4.69) is 27.8 Å². The van der Waals surface area contributed by atoms with Gasteiger partial charge in [0.1, 0.15) is 0 Å². The van der Waals surface area contributed by atoms with Crippen molar-refractivity contribution in [1.29, 1.82) is 0 Å². The lowest BCUT2D eigenvalue weighted by molar-refractivity contribution is 0.0525. The van der Waals surface area contributed by atoms with Gasteiger partial charge in [0.25, 0.3) is 0 Å². The molecule has 3 N–H and O–H groups in total. The Balaban J connectivity index is 1.99. The number of ether oxygens (including phenoxy) is 1. The van der Waals surface area contributed by atoms with Gasteiger partial charge in [-0.05, 0) is 45.0 Å². The topological polar surface area (TPSA) is 73.0 Å². The number of H-pyrrole nitrogens is 1.